The highest BCUT2D eigenvalue weighted by Gasteiger charge is 2.50. The van der Waals surface area contributed by atoms with Crippen molar-refractivity contribution < 1.29 is 14.3 Å². The molecule has 6 heteroatoms. The quantitative estimate of drug-likeness (QED) is 0.770. The van der Waals surface area contributed by atoms with Crippen LogP contribution in [0.1, 0.15) is 38.5 Å². The Morgan fingerprint density at radius 2 is 1.88 bits per heavy atom. The molecular weight excluding hydrogens is 306 g/mol. The molecule has 0 aromatic rings. The summed E-state index contributed by atoms with van der Waals surface area (Å²) in [5.74, 6) is 0.491. The van der Waals surface area contributed by atoms with Crippen molar-refractivity contribution in [3.8, 4) is 0 Å². The average Bonchev–Trinajstić information content (AvgIpc) is 2.68. The minimum absolute atomic E-state index is 0.0632. The van der Waals surface area contributed by atoms with Crippen molar-refractivity contribution in [3.63, 3.8) is 0 Å². The van der Waals surface area contributed by atoms with E-state index in [0.29, 0.717) is 13.0 Å². The molecule has 2 amide bonds. The Morgan fingerprint density at radius 1 is 1.12 bits per heavy atom. The highest BCUT2D eigenvalue weighted by molar-refractivity contribution is 5.84. The summed E-state index contributed by atoms with van der Waals surface area (Å²) < 4.78 is 5.36. The third-order valence-electron chi connectivity index (χ3n) is 6.61. The molecule has 0 N–H and O–H groups in total. The Kier molecular flexibility index (Phi) is 4.89. The van der Waals surface area contributed by atoms with E-state index in [1.165, 1.54) is 0 Å². The molecule has 1 saturated carbocycles. The van der Waals surface area contributed by atoms with E-state index in [4.69, 9.17) is 4.74 Å². The highest BCUT2D eigenvalue weighted by Crippen LogP contribution is 2.44. The maximum atomic E-state index is 13.2. The molecule has 0 aromatic carbocycles. The minimum atomic E-state index is -0.289. The van der Waals surface area contributed by atoms with E-state index in [2.05, 4.69) is 16.8 Å². The summed E-state index contributed by atoms with van der Waals surface area (Å²) in [4.78, 5) is 31.5. The van der Waals surface area contributed by atoms with Crippen LogP contribution in [0, 0.1) is 5.41 Å². The second-order valence-electron chi connectivity index (χ2n) is 8.00. The number of nitrogens with zero attached hydrogens (tertiary/aromatic N) is 3. The predicted octanol–water partition coefficient (Wildman–Crippen LogP) is 0.958. The zero-order valence-electron chi connectivity index (χ0n) is 15.3. The van der Waals surface area contributed by atoms with Crippen LogP contribution in [0.15, 0.2) is 0 Å². The lowest BCUT2D eigenvalue weighted by Crippen LogP contribution is -2.64. The van der Waals surface area contributed by atoms with Gasteiger partial charge in [0.1, 0.15) is 0 Å². The first kappa shape index (κ1) is 17.7. The van der Waals surface area contributed by atoms with E-state index in [1.807, 2.05) is 11.9 Å². The lowest BCUT2D eigenvalue weighted by Gasteiger charge is -2.52. The van der Waals surface area contributed by atoms with Gasteiger partial charge in [0.2, 0.25) is 11.8 Å². The molecule has 2 heterocycles. The topological polar surface area (TPSA) is 53.1 Å². The smallest absolute Gasteiger partial charge is 0.231 e. The summed E-state index contributed by atoms with van der Waals surface area (Å²) >= 11 is 0. The molecule has 6 nitrogen and oxygen atoms in total. The summed E-state index contributed by atoms with van der Waals surface area (Å²) in [5, 5.41) is 0. The Labute approximate surface area is 145 Å². The first-order chi connectivity index (χ1) is 11.4. The number of likely N-dealkylation sites (N-methyl/N-ethyl adjacent to an activating group) is 1. The van der Waals surface area contributed by atoms with Gasteiger partial charge < -0.3 is 14.5 Å². The van der Waals surface area contributed by atoms with Crippen LogP contribution >= 0.6 is 0 Å². The Morgan fingerprint density at radius 3 is 2.50 bits per heavy atom. The summed E-state index contributed by atoms with van der Waals surface area (Å²) in [6.07, 6.45) is 5.36. The van der Waals surface area contributed by atoms with E-state index in [-0.39, 0.29) is 22.8 Å². The lowest BCUT2D eigenvalue weighted by molar-refractivity contribution is -0.157. The third kappa shape index (κ3) is 2.94. The number of carbonyl (C=O) groups is 2. The predicted molar refractivity (Wildman–Crippen MR) is 91.6 cm³/mol. The maximum Gasteiger partial charge on any atom is 0.231 e. The lowest BCUT2D eigenvalue weighted by atomic mass is 9.68. The summed E-state index contributed by atoms with van der Waals surface area (Å²) in [6.45, 7) is 3.72. The molecule has 1 aliphatic carbocycles. The fraction of sp³-hybridized carbons (Fsp3) is 0.889. The number of hydrogen-bond acceptors (Lipinski definition) is 4. The van der Waals surface area contributed by atoms with Crippen molar-refractivity contribution >= 4 is 11.8 Å². The molecule has 24 heavy (non-hydrogen) atoms. The largest absolute Gasteiger partial charge is 0.384 e. The standard InChI is InChI=1S/C18H31N3O3/c1-19-10-9-18(8-5-15(19)22)13-21(12-11-20(18)2)16(23)17(14-24-3)6-4-7-17/h4-14H2,1-3H3. The SMILES string of the molecule is COCC1(C(=O)N2CCN(C)C3(CCC(=O)N(C)CC3)C2)CCC1. The van der Waals surface area contributed by atoms with E-state index in [1.54, 1.807) is 7.11 Å². The Balaban J connectivity index is 1.75. The summed E-state index contributed by atoms with van der Waals surface area (Å²) in [6, 6.07) is 0. The zero-order chi connectivity index (χ0) is 17.4. The number of methoxy groups -OCH3 is 1. The van der Waals surface area contributed by atoms with Crippen LogP contribution in [0.25, 0.3) is 0 Å². The molecule has 1 spiro atoms. The monoisotopic (exact) mass is 337 g/mol. The van der Waals surface area contributed by atoms with E-state index in [9.17, 15) is 9.59 Å². The average molecular weight is 337 g/mol. The molecule has 2 aliphatic heterocycles. The van der Waals surface area contributed by atoms with Crippen molar-refractivity contribution in [2.45, 2.75) is 44.1 Å². The van der Waals surface area contributed by atoms with E-state index < -0.39 is 0 Å². The molecule has 3 rings (SSSR count). The maximum absolute atomic E-state index is 13.2. The van der Waals surface area contributed by atoms with Crippen LogP contribution in [0.4, 0.5) is 0 Å². The number of likely N-dealkylation sites (tertiary alicyclic amines) is 1. The first-order valence-corrected chi connectivity index (χ1v) is 9.16. The second-order valence-corrected chi connectivity index (χ2v) is 8.00. The first-order valence-electron chi connectivity index (χ1n) is 9.16. The number of amides is 2. The molecule has 3 fully saturated rings. The second kappa shape index (κ2) is 6.64. The number of piperazine rings is 1. The van der Waals surface area contributed by atoms with Crippen molar-refractivity contribution in [2.24, 2.45) is 5.41 Å². The van der Waals surface area contributed by atoms with Gasteiger partial charge in [-0.15, -0.1) is 0 Å². The number of ether oxygens (including phenoxy) is 1. The molecule has 1 unspecified atom stereocenters. The van der Waals surface area contributed by atoms with Crippen LogP contribution in [0.2, 0.25) is 0 Å². The molecular formula is C18H31N3O3. The molecule has 0 bridgehead atoms. The van der Waals surface area contributed by atoms with Gasteiger partial charge in [0, 0.05) is 52.3 Å². The Bertz CT molecular complexity index is 506. The van der Waals surface area contributed by atoms with E-state index >= 15 is 0 Å². The third-order valence-corrected chi connectivity index (χ3v) is 6.61. The minimum Gasteiger partial charge on any atom is -0.384 e. The fourth-order valence-electron chi connectivity index (χ4n) is 4.57. The van der Waals surface area contributed by atoms with Crippen molar-refractivity contribution in [1.82, 2.24) is 14.7 Å². The number of carbonyl (C=O) groups excluding carboxylic acids is 2. The van der Waals surface area contributed by atoms with Crippen LogP contribution in [0.3, 0.4) is 0 Å². The Hall–Kier alpha value is -1.14. The van der Waals surface area contributed by atoms with Gasteiger partial charge in [-0.25, -0.2) is 0 Å². The molecule has 2 saturated heterocycles. The molecule has 3 aliphatic rings. The van der Waals surface area contributed by atoms with Gasteiger partial charge in [0.05, 0.1) is 12.0 Å². The van der Waals surface area contributed by atoms with Crippen molar-refractivity contribution in [2.75, 3.05) is 54.0 Å². The molecule has 136 valence electrons. The van der Waals surface area contributed by atoms with Crippen LogP contribution in [0.5, 0.6) is 0 Å². The van der Waals surface area contributed by atoms with Crippen LogP contribution in [-0.4, -0.2) is 86.0 Å². The number of hydrogen-bond donors (Lipinski definition) is 0. The van der Waals surface area contributed by atoms with Crippen LogP contribution < -0.4 is 0 Å². The van der Waals surface area contributed by atoms with Gasteiger partial charge in [0.25, 0.3) is 0 Å². The zero-order valence-corrected chi connectivity index (χ0v) is 15.3. The van der Waals surface area contributed by atoms with Gasteiger partial charge in [0.15, 0.2) is 0 Å². The summed E-state index contributed by atoms with van der Waals surface area (Å²) in [5.41, 5.74) is -0.352. The van der Waals surface area contributed by atoms with Gasteiger partial charge in [-0.05, 0) is 32.7 Å². The van der Waals surface area contributed by atoms with Gasteiger partial charge >= 0.3 is 0 Å². The highest BCUT2D eigenvalue weighted by atomic mass is 16.5. The molecule has 0 radical (unpaired) electrons. The normalized spacial score (nSPS) is 31.0. The molecule has 1 atom stereocenters. The van der Waals surface area contributed by atoms with Crippen LogP contribution in [-0.2, 0) is 14.3 Å². The van der Waals surface area contributed by atoms with Gasteiger partial charge in [-0.2, -0.15) is 0 Å². The van der Waals surface area contributed by atoms with E-state index in [0.717, 1.165) is 58.3 Å². The summed E-state index contributed by atoms with van der Waals surface area (Å²) in [7, 11) is 5.71. The molecule has 0 aromatic heterocycles. The number of rotatable bonds is 3. The fourth-order valence-corrected chi connectivity index (χ4v) is 4.57. The van der Waals surface area contributed by atoms with Crippen molar-refractivity contribution in [3.05, 3.63) is 0 Å². The van der Waals surface area contributed by atoms with Gasteiger partial charge in [-0.3, -0.25) is 14.5 Å². The van der Waals surface area contributed by atoms with Gasteiger partial charge in [-0.1, -0.05) is 6.42 Å². The van der Waals surface area contributed by atoms with Crippen molar-refractivity contribution in [1.29, 1.82) is 0 Å².